The van der Waals surface area contributed by atoms with Gasteiger partial charge in [-0.15, -0.1) is 0 Å². The first kappa shape index (κ1) is 20.2. The molecular weight excluding hydrogens is 380 g/mol. The number of anilines is 1. The van der Waals surface area contributed by atoms with Gasteiger partial charge >= 0.3 is 0 Å². The van der Waals surface area contributed by atoms with Crippen molar-refractivity contribution in [2.75, 3.05) is 18.5 Å². The second-order valence-electron chi connectivity index (χ2n) is 7.73. The molecule has 2 aromatic carbocycles. The Balaban J connectivity index is 1.41. The third kappa shape index (κ3) is 4.71. The van der Waals surface area contributed by atoms with Crippen LogP contribution in [0.1, 0.15) is 30.5 Å². The molecule has 1 aliphatic heterocycles. The predicted octanol–water partition coefficient (Wildman–Crippen LogP) is 4.17. The number of benzene rings is 2. The van der Waals surface area contributed by atoms with E-state index in [0.717, 1.165) is 37.3 Å². The van der Waals surface area contributed by atoms with E-state index in [9.17, 15) is 9.59 Å². The van der Waals surface area contributed by atoms with Crippen LogP contribution < -0.4 is 15.5 Å². The van der Waals surface area contributed by atoms with Gasteiger partial charge in [0.1, 0.15) is 12.4 Å². The van der Waals surface area contributed by atoms with E-state index in [1.54, 1.807) is 13.0 Å². The maximum Gasteiger partial charge on any atom is 0.224 e. The van der Waals surface area contributed by atoms with E-state index in [4.69, 9.17) is 9.47 Å². The highest BCUT2D eigenvalue weighted by atomic mass is 16.5. The highest BCUT2D eigenvalue weighted by Crippen LogP contribution is 2.22. The molecule has 6 nitrogen and oxygen atoms in total. The number of fused-ring (bicyclic) bond motifs is 1. The van der Waals surface area contributed by atoms with Crippen molar-refractivity contribution < 1.29 is 14.3 Å². The van der Waals surface area contributed by atoms with E-state index in [1.807, 2.05) is 42.5 Å². The van der Waals surface area contributed by atoms with Gasteiger partial charge in [-0.3, -0.25) is 9.59 Å². The zero-order valence-electron chi connectivity index (χ0n) is 17.1. The lowest BCUT2D eigenvalue weighted by Gasteiger charge is -2.21. The molecule has 0 unspecified atom stereocenters. The summed E-state index contributed by atoms with van der Waals surface area (Å²) >= 11 is 0. The van der Waals surface area contributed by atoms with Gasteiger partial charge in [0.05, 0.1) is 5.69 Å². The Morgan fingerprint density at radius 1 is 1.17 bits per heavy atom. The predicted molar refractivity (Wildman–Crippen MR) is 117 cm³/mol. The molecule has 4 rings (SSSR count). The van der Waals surface area contributed by atoms with Crippen molar-refractivity contribution in [1.82, 2.24) is 4.98 Å². The minimum Gasteiger partial charge on any atom is -0.487 e. The number of rotatable bonds is 6. The number of hydrogen-bond donors (Lipinski definition) is 2. The maximum absolute atomic E-state index is 12.6. The topological polar surface area (TPSA) is 80.4 Å². The van der Waals surface area contributed by atoms with Crippen molar-refractivity contribution in [3.63, 3.8) is 0 Å². The van der Waals surface area contributed by atoms with Crippen molar-refractivity contribution in [3.8, 4) is 5.75 Å². The van der Waals surface area contributed by atoms with Crippen LogP contribution in [0.25, 0.3) is 10.9 Å². The molecule has 2 N–H and O–H groups in total. The number of carbonyl (C=O) groups is 1. The fraction of sp³-hybridized carbons (Fsp3) is 0.333. The van der Waals surface area contributed by atoms with Gasteiger partial charge in [0.25, 0.3) is 0 Å². The number of pyridine rings is 1. The van der Waals surface area contributed by atoms with E-state index < -0.39 is 0 Å². The minimum atomic E-state index is 0.00811. The van der Waals surface area contributed by atoms with Crippen molar-refractivity contribution in [1.29, 1.82) is 0 Å². The smallest absolute Gasteiger partial charge is 0.224 e. The summed E-state index contributed by atoms with van der Waals surface area (Å²) in [5.74, 6) is 1.02. The number of para-hydroxylation sites is 1. The molecular formula is C24H26N2O4. The number of H-pyrrole nitrogens is 1. The molecule has 0 aliphatic carbocycles. The van der Waals surface area contributed by atoms with Gasteiger partial charge in [0.15, 0.2) is 5.43 Å². The molecule has 0 atom stereocenters. The summed E-state index contributed by atoms with van der Waals surface area (Å²) in [6, 6.07) is 14.8. The molecule has 1 aromatic heterocycles. The van der Waals surface area contributed by atoms with Gasteiger partial charge in [-0.05, 0) is 49.9 Å². The first-order valence-corrected chi connectivity index (χ1v) is 10.3. The van der Waals surface area contributed by atoms with E-state index in [1.165, 1.54) is 0 Å². The first-order chi connectivity index (χ1) is 14.6. The fourth-order valence-electron chi connectivity index (χ4n) is 3.77. The number of carbonyl (C=O) groups excluding carboxylic acids is 1. The van der Waals surface area contributed by atoms with Crippen LogP contribution in [0.3, 0.4) is 0 Å². The SMILES string of the molecule is Cc1c(COc2cccc(NC(=O)CC3CCOCC3)c2)[nH]c2ccccc2c1=O. The van der Waals surface area contributed by atoms with Crippen LogP contribution in [0.4, 0.5) is 5.69 Å². The Hall–Kier alpha value is -3.12. The van der Waals surface area contributed by atoms with Crippen molar-refractivity contribution in [3.05, 3.63) is 70.0 Å². The number of hydrogen-bond acceptors (Lipinski definition) is 4. The van der Waals surface area contributed by atoms with Crippen LogP contribution >= 0.6 is 0 Å². The summed E-state index contributed by atoms with van der Waals surface area (Å²) in [6.07, 6.45) is 2.37. The molecule has 30 heavy (non-hydrogen) atoms. The maximum atomic E-state index is 12.6. The third-order valence-electron chi connectivity index (χ3n) is 5.57. The largest absolute Gasteiger partial charge is 0.487 e. The molecule has 0 saturated carbocycles. The number of aromatic amines is 1. The average molecular weight is 406 g/mol. The van der Waals surface area contributed by atoms with E-state index in [2.05, 4.69) is 10.3 Å². The Labute approximate surface area is 175 Å². The lowest BCUT2D eigenvalue weighted by molar-refractivity contribution is -0.117. The molecule has 1 amide bonds. The molecule has 1 fully saturated rings. The van der Waals surface area contributed by atoms with Gasteiger partial charge < -0.3 is 19.8 Å². The van der Waals surface area contributed by atoms with Gasteiger partial charge in [-0.2, -0.15) is 0 Å². The summed E-state index contributed by atoms with van der Waals surface area (Å²) in [5.41, 5.74) is 2.90. The number of aromatic nitrogens is 1. The van der Waals surface area contributed by atoms with Crippen molar-refractivity contribution in [2.45, 2.75) is 32.8 Å². The van der Waals surface area contributed by atoms with Crippen LogP contribution in [-0.4, -0.2) is 24.1 Å². The number of ether oxygens (including phenoxy) is 2. The minimum absolute atomic E-state index is 0.00811. The van der Waals surface area contributed by atoms with Crippen LogP contribution in [0, 0.1) is 12.8 Å². The summed E-state index contributed by atoms with van der Waals surface area (Å²) in [4.78, 5) is 28.2. The van der Waals surface area contributed by atoms with Crippen LogP contribution in [0.2, 0.25) is 0 Å². The summed E-state index contributed by atoms with van der Waals surface area (Å²) in [6.45, 7) is 3.51. The Bertz CT molecular complexity index is 1100. The van der Waals surface area contributed by atoms with Gasteiger partial charge in [0, 0.05) is 47.9 Å². The summed E-state index contributed by atoms with van der Waals surface area (Å²) in [5, 5.41) is 3.63. The number of nitrogens with one attached hydrogen (secondary N) is 2. The van der Waals surface area contributed by atoms with Crippen molar-refractivity contribution in [2.24, 2.45) is 5.92 Å². The monoisotopic (exact) mass is 406 g/mol. The molecule has 3 aromatic rings. The lowest BCUT2D eigenvalue weighted by Crippen LogP contribution is -2.22. The third-order valence-corrected chi connectivity index (χ3v) is 5.57. The van der Waals surface area contributed by atoms with Crippen LogP contribution in [-0.2, 0) is 16.1 Å². The lowest BCUT2D eigenvalue weighted by atomic mass is 9.96. The molecule has 0 radical (unpaired) electrons. The zero-order valence-corrected chi connectivity index (χ0v) is 17.1. The second kappa shape index (κ2) is 9.13. The van der Waals surface area contributed by atoms with Crippen molar-refractivity contribution >= 4 is 22.5 Å². The zero-order chi connectivity index (χ0) is 20.9. The Morgan fingerprint density at radius 3 is 2.80 bits per heavy atom. The Morgan fingerprint density at radius 2 is 1.97 bits per heavy atom. The fourth-order valence-corrected chi connectivity index (χ4v) is 3.77. The molecule has 156 valence electrons. The van der Waals surface area contributed by atoms with Gasteiger partial charge in [-0.25, -0.2) is 0 Å². The highest BCUT2D eigenvalue weighted by Gasteiger charge is 2.17. The van der Waals surface area contributed by atoms with Crippen LogP contribution in [0.15, 0.2) is 53.3 Å². The van der Waals surface area contributed by atoms with E-state index >= 15 is 0 Å². The standard InChI is InChI=1S/C24H26N2O4/c1-16-22(26-21-8-3-2-7-20(21)24(16)28)15-30-19-6-4-5-18(14-19)25-23(27)13-17-9-11-29-12-10-17/h2-8,14,17H,9-13,15H2,1H3,(H,25,27)(H,26,28). The second-order valence-corrected chi connectivity index (χ2v) is 7.73. The van der Waals surface area contributed by atoms with Gasteiger partial charge in [-0.1, -0.05) is 18.2 Å². The molecule has 1 saturated heterocycles. The first-order valence-electron chi connectivity index (χ1n) is 10.3. The average Bonchev–Trinajstić information content (AvgIpc) is 2.76. The summed E-state index contributed by atoms with van der Waals surface area (Å²) in [7, 11) is 0. The molecule has 0 bridgehead atoms. The summed E-state index contributed by atoms with van der Waals surface area (Å²) < 4.78 is 11.3. The van der Waals surface area contributed by atoms with Gasteiger partial charge in [0.2, 0.25) is 5.91 Å². The molecule has 6 heteroatoms. The highest BCUT2D eigenvalue weighted by molar-refractivity contribution is 5.91. The van der Waals surface area contributed by atoms with E-state index in [0.29, 0.717) is 34.7 Å². The van der Waals surface area contributed by atoms with E-state index in [-0.39, 0.29) is 17.9 Å². The molecule has 0 spiro atoms. The molecule has 1 aliphatic rings. The number of amides is 1. The Kier molecular flexibility index (Phi) is 6.14. The molecule has 2 heterocycles. The quantitative estimate of drug-likeness (QED) is 0.644. The van der Waals surface area contributed by atoms with Crippen LogP contribution in [0.5, 0.6) is 5.75 Å². The normalized spacial score (nSPS) is 14.6.